The number of aliphatic hydroxyl groups is 2. The van der Waals surface area contributed by atoms with Gasteiger partial charge in [-0.05, 0) is 72.9 Å². The van der Waals surface area contributed by atoms with Crippen molar-refractivity contribution in [2.45, 2.75) is 39.0 Å². The molecule has 3 unspecified atom stereocenters. The van der Waals surface area contributed by atoms with Crippen molar-refractivity contribution in [1.29, 1.82) is 0 Å². The van der Waals surface area contributed by atoms with E-state index < -0.39 is 12.5 Å². The van der Waals surface area contributed by atoms with Crippen LogP contribution in [-0.2, 0) is 16.0 Å². The topological polar surface area (TPSA) is 178 Å². The molecular formula is C28H43NO8. The number of hydrogen-bond acceptors (Lipinski definition) is 7. The predicted molar refractivity (Wildman–Crippen MR) is 146 cm³/mol. The number of anilines is 1. The minimum Gasteiger partial charge on any atom is -0.507 e. The maximum atomic E-state index is 13.1. The fourth-order valence-electron chi connectivity index (χ4n) is 5.23. The highest BCUT2D eigenvalue weighted by molar-refractivity contribution is 6.03. The normalized spacial score (nSPS) is 16.0. The van der Waals surface area contributed by atoms with Crippen LogP contribution in [0.2, 0.25) is 0 Å². The summed E-state index contributed by atoms with van der Waals surface area (Å²) in [7, 11) is 3.93. The number of phenols is 1. The van der Waals surface area contributed by atoms with Crippen LogP contribution < -0.4 is 4.90 Å². The van der Waals surface area contributed by atoms with E-state index in [-0.39, 0.29) is 68.2 Å². The summed E-state index contributed by atoms with van der Waals surface area (Å²) in [5.74, 6) is -2.01. The van der Waals surface area contributed by atoms with Crippen LogP contribution in [0, 0.1) is 17.8 Å². The number of Topliss-reactive ketones (excluding diaryl/α,β-unsaturated/α-hetero) is 3. The summed E-state index contributed by atoms with van der Waals surface area (Å²) < 4.78 is 0. The first-order chi connectivity index (χ1) is 16.7. The van der Waals surface area contributed by atoms with E-state index in [1.54, 1.807) is 6.07 Å². The van der Waals surface area contributed by atoms with Crippen molar-refractivity contribution in [2.24, 2.45) is 17.8 Å². The predicted octanol–water partition coefficient (Wildman–Crippen LogP) is 2.26. The van der Waals surface area contributed by atoms with Gasteiger partial charge in [0.2, 0.25) is 0 Å². The summed E-state index contributed by atoms with van der Waals surface area (Å²) in [4.78, 5) is 39.2. The molecule has 9 heteroatoms. The molecule has 1 aliphatic carbocycles. The molecule has 9 nitrogen and oxygen atoms in total. The molecule has 0 bridgehead atoms. The van der Waals surface area contributed by atoms with Crippen molar-refractivity contribution in [3.8, 4) is 16.9 Å². The minimum atomic E-state index is -0.759. The molecule has 0 spiro atoms. The lowest BCUT2D eigenvalue weighted by molar-refractivity contribution is -0.131. The first kappa shape index (κ1) is 31.9. The number of hydrogen-bond donors (Lipinski definition) is 3. The highest BCUT2D eigenvalue weighted by atomic mass is 16.3. The molecule has 0 saturated carbocycles. The summed E-state index contributed by atoms with van der Waals surface area (Å²) in [6.07, 6.45) is 1.24. The van der Waals surface area contributed by atoms with Crippen molar-refractivity contribution in [2.75, 3.05) is 32.2 Å². The van der Waals surface area contributed by atoms with Gasteiger partial charge in [0, 0.05) is 41.6 Å². The van der Waals surface area contributed by atoms with Crippen molar-refractivity contribution in [3.63, 3.8) is 0 Å². The fourth-order valence-corrected chi connectivity index (χ4v) is 5.23. The molecule has 7 N–H and O–H groups in total. The average Bonchev–Trinajstić information content (AvgIpc) is 2.79. The van der Waals surface area contributed by atoms with Gasteiger partial charge in [0.1, 0.15) is 17.3 Å². The van der Waals surface area contributed by atoms with Gasteiger partial charge in [-0.3, -0.25) is 14.4 Å². The molecule has 2 aromatic rings. The van der Waals surface area contributed by atoms with Gasteiger partial charge in [-0.25, -0.2) is 0 Å². The highest BCUT2D eigenvalue weighted by Gasteiger charge is 2.35. The molecule has 0 aromatic heterocycles. The number of rotatable bonds is 11. The van der Waals surface area contributed by atoms with Crippen molar-refractivity contribution < 1.29 is 43.5 Å². The maximum absolute atomic E-state index is 13.1. The SMILES string of the molecule is CC(=O)CC(=O)C(CO)C(CCO)CC1CC(=O)c2c(O)ccc(-c3ccc(N(C)C)cc3)c2C1.O.O.[HH].[HH]. The molecule has 0 saturated heterocycles. The van der Waals surface area contributed by atoms with E-state index in [4.69, 9.17) is 0 Å². The molecule has 0 aliphatic heterocycles. The number of fused-ring (bicyclic) bond motifs is 1. The van der Waals surface area contributed by atoms with Crippen molar-refractivity contribution in [1.82, 2.24) is 0 Å². The van der Waals surface area contributed by atoms with Gasteiger partial charge < -0.3 is 31.2 Å². The second kappa shape index (κ2) is 14.0. The molecule has 0 amide bonds. The van der Waals surface area contributed by atoms with Crippen LogP contribution in [0.15, 0.2) is 36.4 Å². The number of nitrogens with zero attached hydrogens (tertiary/aromatic N) is 1. The first-order valence-electron chi connectivity index (χ1n) is 12.1. The Morgan fingerprint density at radius 1 is 1.05 bits per heavy atom. The van der Waals surface area contributed by atoms with Crippen molar-refractivity contribution in [3.05, 3.63) is 47.5 Å². The van der Waals surface area contributed by atoms with E-state index in [0.29, 0.717) is 24.8 Å². The maximum Gasteiger partial charge on any atom is 0.167 e. The Hall–Kier alpha value is -3.11. The third-order valence-corrected chi connectivity index (χ3v) is 6.97. The number of benzene rings is 2. The Kier molecular flexibility index (Phi) is 12.1. The Bertz CT molecular complexity index is 1090. The summed E-state index contributed by atoms with van der Waals surface area (Å²) >= 11 is 0. The number of aliphatic hydroxyl groups excluding tert-OH is 2. The molecule has 0 heterocycles. The van der Waals surface area contributed by atoms with E-state index in [9.17, 15) is 29.7 Å². The quantitative estimate of drug-likeness (QED) is 0.379. The van der Waals surface area contributed by atoms with E-state index in [1.165, 1.54) is 6.92 Å². The molecule has 37 heavy (non-hydrogen) atoms. The number of phenolic OH excluding ortho intramolecular Hbond substituents is 1. The lowest BCUT2D eigenvalue weighted by Crippen LogP contribution is -2.32. The van der Waals surface area contributed by atoms with E-state index in [2.05, 4.69) is 0 Å². The first-order valence-corrected chi connectivity index (χ1v) is 12.1. The van der Waals surface area contributed by atoms with Crippen LogP contribution >= 0.6 is 0 Å². The second-order valence-electron chi connectivity index (χ2n) is 9.77. The number of carbonyl (C=O) groups is 3. The second-order valence-corrected chi connectivity index (χ2v) is 9.77. The molecule has 1 aliphatic rings. The van der Waals surface area contributed by atoms with Crippen LogP contribution in [0.25, 0.3) is 11.1 Å². The highest BCUT2D eigenvalue weighted by Crippen LogP contribution is 2.41. The van der Waals surface area contributed by atoms with Gasteiger partial charge in [0.25, 0.3) is 0 Å². The zero-order chi connectivity index (χ0) is 25.7. The molecule has 0 fully saturated rings. The fraction of sp³-hybridized carbons (Fsp3) is 0.464. The Balaban J connectivity index is 0. The lowest BCUT2D eigenvalue weighted by Gasteiger charge is -2.31. The summed E-state index contributed by atoms with van der Waals surface area (Å²) in [5.41, 5.74) is 4.00. The zero-order valence-corrected chi connectivity index (χ0v) is 21.7. The zero-order valence-electron chi connectivity index (χ0n) is 21.7. The van der Waals surface area contributed by atoms with Gasteiger partial charge in [-0.15, -0.1) is 0 Å². The van der Waals surface area contributed by atoms with Crippen LogP contribution in [0.5, 0.6) is 5.75 Å². The van der Waals surface area contributed by atoms with E-state index in [0.717, 1.165) is 22.4 Å². The smallest absolute Gasteiger partial charge is 0.167 e. The van der Waals surface area contributed by atoms with Crippen LogP contribution in [0.4, 0.5) is 5.69 Å². The third kappa shape index (κ3) is 7.45. The standard InChI is InChI=1S/C28H35NO6.2H2O.2H2/c1-17(32)12-26(34)24(16-31)20(10-11-30)13-18-14-23-22(8-9-25(33)28(23)27(35)15-18)19-4-6-21(7-5-19)29(2)3;;;;/h4-9,18,20,24,30-31,33H,10-16H2,1-3H3;2*1H2;2*1H. The lowest BCUT2D eigenvalue weighted by atomic mass is 9.72. The molecule has 2 aromatic carbocycles. The average molecular weight is 522 g/mol. The molecule has 3 atom stereocenters. The summed E-state index contributed by atoms with van der Waals surface area (Å²) in [6.45, 7) is 0.775. The van der Waals surface area contributed by atoms with Gasteiger partial charge in [-0.2, -0.15) is 0 Å². The Labute approximate surface area is 220 Å². The number of aromatic hydroxyl groups is 1. The molecule has 0 radical (unpaired) electrons. The Morgan fingerprint density at radius 2 is 1.70 bits per heavy atom. The van der Waals surface area contributed by atoms with E-state index in [1.807, 2.05) is 49.3 Å². The molecule has 208 valence electrons. The minimum absolute atomic E-state index is 0. The van der Waals surface area contributed by atoms with Gasteiger partial charge >= 0.3 is 0 Å². The van der Waals surface area contributed by atoms with Gasteiger partial charge in [0.05, 0.1) is 18.6 Å². The summed E-state index contributed by atoms with van der Waals surface area (Å²) in [6, 6.07) is 11.4. The largest absolute Gasteiger partial charge is 0.507 e. The van der Waals surface area contributed by atoms with E-state index >= 15 is 0 Å². The molecule has 3 rings (SSSR count). The van der Waals surface area contributed by atoms with Crippen molar-refractivity contribution >= 4 is 23.0 Å². The van der Waals surface area contributed by atoms with Gasteiger partial charge in [0.15, 0.2) is 5.78 Å². The number of ketones is 3. The number of carbonyl (C=O) groups excluding carboxylic acids is 3. The monoisotopic (exact) mass is 521 g/mol. The Morgan fingerprint density at radius 3 is 2.24 bits per heavy atom. The summed E-state index contributed by atoms with van der Waals surface area (Å²) in [5, 5.41) is 30.0. The third-order valence-electron chi connectivity index (χ3n) is 6.97. The van der Waals surface area contributed by atoms with Gasteiger partial charge in [-0.1, -0.05) is 18.2 Å². The van der Waals surface area contributed by atoms with Crippen LogP contribution in [0.1, 0.15) is 51.4 Å². The molecular weight excluding hydrogens is 478 g/mol. The van der Waals surface area contributed by atoms with Crippen LogP contribution in [0.3, 0.4) is 0 Å². The van der Waals surface area contributed by atoms with Crippen LogP contribution in [-0.4, -0.2) is 70.9 Å².